The van der Waals surface area contributed by atoms with Crippen LogP contribution in [0.1, 0.15) is 23.2 Å². The van der Waals surface area contributed by atoms with E-state index >= 15 is 0 Å². The largest absolute Gasteiger partial charge is 0.491 e. The third-order valence-corrected chi connectivity index (χ3v) is 3.87. The number of urea groups is 1. The first kappa shape index (κ1) is 14.0. The first-order valence-electron chi connectivity index (χ1n) is 5.96. The van der Waals surface area contributed by atoms with Gasteiger partial charge in [0.15, 0.2) is 6.04 Å². The Labute approximate surface area is 118 Å². The summed E-state index contributed by atoms with van der Waals surface area (Å²) in [5, 5.41) is 9.89. The summed E-state index contributed by atoms with van der Waals surface area (Å²) in [4.78, 5) is 42.4. The highest BCUT2D eigenvalue weighted by Gasteiger charge is 2.52. The fraction of sp³-hybridized carbons (Fsp3) is 0.273. The van der Waals surface area contributed by atoms with Crippen LogP contribution in [0.5, 0.6) is 0 Å². The number of amides is 2. The van der Waals surface area contributed by atoms with Crippen molar-refractivity contribution in [2.75, 3.05) is 6.54 Å². The van der Waals surface area contributed by atoms with E-state index in [9.17, 15) is 19.3 Å². The van der Waals surface area contributed by atoms with E-state index in [0.29, 0.717) is 16.2 Å². The maximum absolute atomic E-state index is 12.2. The van der Waals surface area contributed by atoms with Gasteiger partial charge in [0.1, 0.15) is 6.04 Å². The lowest BCUT2D eigenvalue weighted by Crippen LogP contribution is -2.38. The van der Waals surface area contributed by atoms with Gasteiger partial charge in [-0.05, 0) is 11.1 Å². The summed E-state index contributed by atoms with van der Waals surface area (Å²) in [7, 11) is -4.93. The Morgan fingerprint density at radius 2 is 1.90 bits per heavy atom. The number of carbonyl (C=O) groups is 2. The van der Waals surface area contributed by atoms with Gasteiger partial charge in [0.05, 0.1) is 6.54 Å². The zero-order valence-electron chi connectivity index (χ0n) is 10.5. The molecule has 2 amide bonds. The number of carbonyl (C=O) groups excluding carboxylic acids is 1. The Kier molecular flexibility index (Phi) is 3.03. The van der Waals surface area contributed by atoms with Crippen molar-refractivity contribution in [1.82, 2.24) is 9.96 Å². The van der Waals surface area contributed by atoms with Gasteiger partial charge in [-0.3, -0.25) is 0 Å². The lowest BCUT2D eigenvalue weighted by Gasteiger charge is -2.29. The molecule has 0 saturated carbocycles. The van der Waals surface area contributed by atoms with E-state index in [-0.39, 0.29) is 6.54 Å². The molecule has 3 N–H and O–H groups in total. The molecule has 2 atom stereocenters. The summed E-state index contributed by atoms with van der Waals surface area (Å²) >= 11 is 0. The summed E-state index contributed by atoms with van der Waals surface area (Å²) in [5.41, 5.74) is 0.909. The van der Waals surface area contributed by atoms with Crippen LogP contribution in [0, 0.1) is 0 Å². The highest BCUT2D eigenvalue weighted by Crippen LogP contribution is 2.48. The molecule has 2 heterocycles. The fourth-order valence-electron chi connectivity index (χ4n) is 2.74. The maximum atomic E-state index is 12.2. The molecule has 9 nitrogen and oxygen atoms in total. The number of fused-ring (bicyclic) bond motifs is 4. The maximum Gasteiger partial charge on any atom is 0.491 e. The Morgan fingerprint density at radius 1 is 1.29 bits per heavy atom. The minimum absolute atomic E-state index is 0.00713. The molecule has 0 spiro atoms. The van der Waals surface area contributed by atoms with Crippen LogP contribution >= 0.6 is 7.82 Å². The van der Waals surface area contributed by atoms with Crippen LogP contribution in [0.3, 0.4) is 0 Å². The smallest absolute Gasteiger partial charge is 0.479 e. The molecule has 21 heavy (non-hydrogen) atoms. The predicted molar refractivity (Wildman–Crippen MR) is 66.6 cm³/mol. The van der Waals surface area contributed by atoms with Gasteiger partial charge in [0, 0.05) is 0 Å². The second-order valence-electron chi connectivity index (χ2n) is 4.72. The molecule has 1 fully saturated rings. The molecule has 2 aliphatic heterocycles. The molecule has 2 bridgehead atoms. The van der Waals surface area contributed by atoms with Crippen molar-refractivity contribution in [3.8, 4) is 0 Å². The molecule has 3 rings (SSSR count). The standard InChI is InChI=1S/C11H11N2O7P/c14-10(15)9-7-4-2-1-3-6(7)8-5-12(9)11(16)13(8)20-21(17,18)19/h1-4,8-9H,5H2,(H,14,15)(H2,17,18,19)/t8-,9-/m1/s1. The Bertz CT molecular complexity index is 672. The molecule has 0 radical (unpaired) electrons. The summed E-state index contributed by atoms with van der Waals surface area (Å²) in [6.07, 6.45) is 0. The summed E-state index contributed by atoms with van der Waals surface area (Å²) in [5.74, 6) is -1.22. The van der Waals surface area contributed by atoms with Gasteiger partial charge >= 0.3 is 19.8 Å². The van der Waals surface area contributed by atoms with E-state index in [1.807, 2.05) is 0 Å². The SMILES string of the molecule is O=C(O)[C@H]1c2ccccc2[C@H]2CN1C(=O)N2OP(=O)(O)O. The van der Waals surface area contributed by atoms with E-state index < -0.39 is 31.9 Å². The molecule has 0 aromatic heterocycles. The van der Waals surface area contributed by atoms with Crippen molar-refractivity contribution < 1.29 is 33.7 Å². The lowest BCUT2D eigenvalue weighted by atomic mass is 9.91. The van der Waals surface area contributed by atoms with Crippen molar-refractivity contribution in [2.24, 2.45) is 0 Å². The molecule has 2 aliphatic rings. The Balaban J connectivity index is 2.09. The number of carboxylic acid groups (broad SMARTS) is 1. The Morgan fingerprint density at radius 3 is 2.48 bits per heavy atom. The molecular weight excluding hydrogens is 303 g/mol. The second-order valence-corrected chi connectivity index (χ2v) is 5.86. The molecule has 0 aliphatic carbocycles. The fourth-order valence-corrected chi connectivity index (χ4v) is 3.16. The number of aliphatic carboxylic acids is 1. The van der Waals surface area contributed by atoms with E-state index in [1.165, 1.54) is 0 Å². The Hall–Kier alpha value is -1.93. The number of benzene rings is 1. The van der Waals surface area contributed by atoms with Crippen LogP contribution in [0.2, 0.25) is 0 Å². The van der Waals surface area contributed by atoms with Crippen molar-refractivity contribution in [1.29, 1.82) is 0 Å². The number of phosphoric acid groups is 1. The third kappa shape index (κ3) is 2.20. The number of hydrogen-bond donors (Lipinski definition) is 3. The lowest BCUT2D eigenvalue weighted by molar-refractivity contribution is -0.142. The molecular formula is C11H11N2O7P. The van der Waals surface area contributed by atoms with Crippen LogP contribution in [-0.4, -0.2) is 43.4 Å². The summed E-state index contributed by atoms with van der Waals surface area (Å²) < 4.78 is 15.4. The summed E-state index contributed by atoms with van der Waals surface area (Å²) in [6, 6.07) is 3.65. The number of hydrogen-bond acceptors (Lipinski definition) is 4. The van der Waals surface area contributed by atoms with Gasteiger partial charge in [0.25, 0.3) is 0 Å². The quantitative estimate of drug-likeness (QED) is 0.698. The topological polar surface area (TPSA) is 128 Å². The van der Waals surface area contributed by atoms with Crippen molar-refractivity contribution in [3.05, 3.63) is 35.4 Å². The molecule has 0 unspecified atom stereocenters. The van der Waals surface area contributed by atoms with Crippen molar-refractivity contribution >= 4 is 19.8 Å². The van der Waals surface area contributed by atoms with Crippen molar-refractivity contribution in [2.45, 2.75) is 12.1 Å². The molecule has 1 aromatic carbocycles. The monoisotopic (exact) mass is 314 g/mol. The van der Waals surface area contributed by atoms with Gasteiger partial charge < -0.3 is 19.8 Å². The van der Waals surface area contributed by atoms with E-state index in [4.69, 9.17) is 9.79 Å². The zero-order chi connectivity index (χ0) is 15.4. The minimum Gasteiger partial charge on any atom is -0.479 e. The number of carboxylic acids is 1. The molecule has 112 valence electrons. The summed E-state index contributed by atoms with van der Waals surface area (Å²) in [6.45, 7) is -0.00713. The second kappa shape index (κ2) is 4.54. The number of nitrogens with zero attached hydrogens (tertiary/aromatic N) is 2. The van der Waals surface area contributed by atoms with Gasteiger partial charge in [0.2, 0.25) is 0 Å². The average Bonchev–Trinajstić information content (AvgIpc) is 2.64. The minimum atomic E-state index is -4.93. The van der Waals surface area contributed by atoms with Crippen LogP contribution in [-0.2, 0) is 14.0 Å². The average molecular weight is 314 g/mol. The predicted octanol–water partition coefficient (Wildman–Crippen LogP) is 0.629. The third-order valence-electron chi connectivity index (χ3n) is 3.48. The normalized spacial score (nSPS) is 24.2. The van der Waals surface area contributed by atoms with Crippen molar-refractivity contribution in [3.63, 3.8) is 0 Å². The first-order valence-corrected chi connectivity index (χ1v) is 7.49. The van der Waals surface area contributed by atoms with E-state index in [0.717, 1.165) is 4.90 Å². The van der Waals surface area contributed by atoms with Crippen LogP contribution in [0.15, 0.2) is 24.3 Å². The van der Waals surface area contributed by atoms with Gasteiger partial charge in [-0.1, -0.05) is 24.3 Å². The van der Waals surface area contributed by atoms with Crippen LogP contribution in [0.25, 0.3) is 0 Å². The molecule has 1 saturated heterocycles. The highest BCUT2D eigenvalue weighted by atomic mass is 31.2. The molecule has 1 aromatic rings. The molecule has 10 heteroatoms. The number of rotatable bonds is 3. The zero-order valence-corrected chi connectivity index (χ0v) is 11.4. The van der Waals surface area contributed by atoms with Gasteiger partial charge in [-0.2, -0.15) is 9.69 Å². The van der Waals surface area contributed by atoms with Crippen LogP contribution < -0.4 is 0 Å². The van der Waals surface area contributed by atoms with Gasteiger partial charge in [-0.15, -0.1) is 0 Å². The number of hydroxylamine groups is 2. The van der Waals surface area contributed by atoms with Crippen LogP contribution in [0.4, 0.5) is 4.79 Å². The van der Waals surface area contributed by atoms with E-state index in [2.05, 4.69) is 4.62 Å². The van der Waals surface area contributed by atoms with E-state index in [1.54, 1.807) is 24.3 Å². The van der Waals surface area contributed by atoms with Gasteiger partial charge in [-0.25, -0.2) is 14.2 Å². The first-order chi connectivity index (χ1) is 9.79. The highest BCUT2D eigenvalue weighted by molar-refractivity contribution is 7.46.